The third-order valence-corrected chi connectivity index (χ3v) is 2.26. The van der Waals surface area contributed by atoms with E-state index in [0.29, 0.717) is 0 Å². The van der Waals surface area contributed by atoms with Gasteiger partial charge in [0, 0.05) is 6.54 Å². The maximum absolute atomic E-state index is 12.5. The van der Waals surface area contributed by atoms with Crippen LogP contribution in [0.1, 0.15) is 11.1 Å². The maximum Gasteiger partial charge on any atom is 0.319 e. The number of halogens is 4. The van der Waals surface area contributed by atoms with E-state index in [-0.39, 0.29) is 6.54 Å². The summed E-state index contributed by atoms with van der Waals surface area (Å²) in [5.41, 5.74) is 1.77. The molecule has 16 heavy (non-hydrogen) atoms. The molecule has 1 aromatic carbocycles. The first-order chi connectivity index (χ1) is 7.43. The number of hydrogen-bond acceptors (Lipinski definition) is 1. The predicted octanol–water partition coefficient (Wildman–Crippen LogP) is 2.99. The van der Waals surface area contributed by atoms with Crippen LogP contribution in [0.15, 0.2) is 24.3 Å². The maximum atomic E-state index is 12.5. The van der Waals surface area contributed by atoms with Gasteiger partial charge in [0.15, 0.2) is 0 Å². The Labute approximate surface area is 91.5 Å². The lowest BCUT2D eigenvalue weighted by molar-refractivity contribution is -0.125. The van der Waals surface area contributed by atoms with Crippen molar-refractivity contribution in [3.8, 4) is 0 Å². The van der Waals surface area contributed by atoms with Gasteiger partial charge in [0.2, 0.25) is 0 Å². The summed E-state index contributed by atoms with van der Waals surface area (Å²) in [6.45, 7) is 0.982. The number of aryl methyl sites for hydroxylation is 1. The van der Waals surface area contributed by atoms with Crippen molar-refractivity contribution in [1.82, 2.24) is 5.32 Å². The van der Waals surface area contributed by atoms with Crippen LogP contribution in [0.25, 0.3) is 0 Å². The first-order valence-electron chi connectivity index (χ1n) is 4.84. The average Bonchev–Trinajstić information content (AvgIpc) is 2.20. The molecule has 90 valence electrons. The van der Waals surface area contributed by atoms with Gasteiger partial charge in [-0.3, -0.25) is 0 Å². The van der Waals surface area contributed by atoms with Crippen molar-refractivity contribution in [2.24, 2.45) is 0 Å². The van der Waals surface area contributed by atoms with Gasteiger partial charge in [-0.2, -0.15) is 8.78 Å². The molecule has 0 atom stereocenters. The number of benzene rings is 1. The minimum Gasteiger partial charge on any atom is -0.307 e. The number of rotatable bonds is 5. The van der Waals surface area contributed by atoms with Crippen molar-refractivity contribution >= 4 is 0 Å². The van der Waals surface area contributed by atoms with Gasteiger partial charge in [-0.05, 0) is 18.1 Å². The molecule has 0 unspecified atom stereocenters. The zero-order chi connectivity index (χ0) is 12.2. The van der Waals surface area contributed by atoms with Crippen LogP contribution in [0.3, 0.4) is 0 Å². The molecule has 0 saturated heterocycles. The Morgan fingerprint density at radius 2 is 1.88 bits per heavy atom. The smallest absolute Gasteiger partial charge is 0.307 e. The molecule has 0 saturated carbocycles. The lowest BCUT2D eigenvalue weighted by Gasteiger charge is -2.16. The van der Waals surface area contributed by atoms with E-state index in [1.54, 1.807) is 12.1 Å². The zero-order valence-electron chi connectivity index (χ0n) is 8.81. The van der Waals surface area contributed by atoms with Crippen LogP contribution in [-0.2, 0) is 6.54 Å². The molecule has 0 heterocycles. The molecule has 0 radical (unpaired) electrons. The van der Waals surface area contributed by atoms with E-state index in [1.807, 2.05) is 19.1 Å². The highest BCUT2D eigenvalue weighted by Crippen LogP contribution is 2.21. The molecule has 0 aliphatic heterocycles. The number of hydrogen-bond donors (Lipinski definition) is 1. The van der Waals surface area contributed by atoms with Gasteiger partial charge in [0.1, 0.15) is 0 Å². The normalized spacial score (nSPS) is 12.1. The molecule has 1 N–H and O–H groups in total. The first kappa shape index (κ1) is 13.0. The Kier molecular flexibility index (Phi) is 4.29. The molecule has 1 rings (SSSR count). The van der Waals surface area contributed by atoms with E-state index in [4.69, 9.17) is 0 Å². The van der Waals surface area contributed by atoms with Crippen LogP contribution >= 0.6 is 0 Å². The lowest BCUT2D eigenvalue weighted by atomic mass is 10.1. The lowest BCUT2D eigenvalue weighted by Crippen LogP contribution is -2.38. The van der Waals surface area contributed by atoms with Crippen molar-refractivity contribution in [2.75, 3.05) is 6.54 Å². The summed E-state index contributed by atoms with van der Waals surface area (Å²) in [7, 11) is 0. The largest absolute Gasteiger partial charge is 0.319 e. The van der Waals surface area contributed by atoms with Gasteiger partial charge in [-0.25, -0.2) is 8.78 Å². The molecule has 0 bridgehead atoms. The van der Waals surface area contributed by atoms with E-state index in [1.165, 1.54) is 0 Å². The minimum atomic E-state index is -3.97. The standard InChI is InChI=1S/C11H13F4N/c1-8-4-2-3-5-9(8)6-16-7-11(14,15)10(12)13/h2-5,10,16H,6-7H2,1H3. The van der Waals surface area contributed by atoms with Crippen molar-refractivity contribution in [3.05, 3.63) is 35.4 Å². The Morgan fingerprint density at radius 3 is 2.44 bits per heavy atom. The molecule has 0 aliphatic rings. The molecule has 0 aliphatic carbocycles. The fraction of sp³-hybridized carbons (Fsp3) is 0.455. The summed E-state index contributed by atoms with van der Waals surface area (Å²) >= 11 is 0. The minimum absolute atomic E-state index is 0.162. The van der Waals surface area contributed by atoms with Crippen LogP contribution in [0.4, 0.5) is 17.6 Å². The summed E-state index contributed by atoms with van der Waals surface area (Å²) in [6.07, 6.45) is -3.63. The van der Waals surface area contributed by atoms with Gasteiger partial charge in [0.05, 0.1) is 6.54 Å². The zero-order valence-corrected chi connectivity index (χ0v) is 8.81. The second-order valence-corrected chi connectivity index (χ2v) is 3.59. The van der Waals surface area contributed by atoms with E-state index in [9.17, 15) is 17.6 Å². The summed E-state index contributed by atoms with van der Waals surface area (Å²) in [5, 5.41) is 2.33. The van der Waals surface area contributed by atoms with Crippen LogP contribution in [0.5, 0.6) is 0 Å². The fourth-order valence-electron chi connectivity index (χ4n) is 1.25. The second kappa shape index (κ2) is 5.30. The van der Waals surface area contributed by atoms with Gasteiger partial charge < -0.3 is 5.32 Å². The predicted molar refractivity (Wildman–Crippen MR) is 53.8 cm³/mol. The molecule has 0 spiro atoms. The van der Waals surface area contributed by atoms with Crippen LogP contribution < -0.4 is 5.32 Å². The van der Waals surface area contributed by atoms with Crippen molar-refractivity contribution in [2.45, 2.75) is 25.8 Å². The number of nitrogens with one attached hydrogen (secondary N) is 1. The van der Waals surface area contributed by atoms with E-state index in [0.717, 1.165) is 11.1 Å². The molecule has 0 fully saturated rings. The fourth-order valence-corrected chi connectivity index (χ4v) is 1.25. The van der Waals surface area contributed by atoms with Crippen molar-refractivity contribution in [3.63, 3.8) is 0 Å². The third kappa shape index (κ3) is 3.48. The summed E-state index contributed by atoms with van der Waals surface area (Å²) < 4.78 is 48.7. The highest BCUT2D eigenvalue weighted by Gasteiger charge is 2.39. The average molecular weight is 235 g/mol. The molecule has 5 heteroatoms. The highest BCUT2D eigenvalue weighted by molar-refractivity contribution is 5.25. The molecule has 1 nitrogen and oxygen atoms in total. The Hall–Kier alpha value is -1.10. The van der Waals surface area contributed by atoms with Crippen molar-refractivity contribution < 1.29 is 17.6 Å². The Balaban J connectivity index is 2.45. The van der Waals surface area contributed by atoms with E-state index < -0.39 is 18.9 Å². The molecule has 0 amide bonds. The highest BCUT2D eigenvalue weighted by atomic mass is 19.3. The topological polar surface area (TPSA) is 12.0 Å². The molecular weight excluding hydrogens is 222 g/mol. The van der Waals surface area contributed by atoms with Gasteiger partial charge in [-0.15, -0.1) is 0 Å². The van der Waals surface area contributed by atoms with E-state index >= 15 is 0 Å². The van der Waals surface area contributed by atoms with Gasteiger partial charge >= 0.3 is 12.3 Å². The van der Waals surface area contributed by atoms with Gasteiger partial charge in [-0.1, -0.05) is 24.3 Å². The monoisotopic (exact) mass is 235 g/mol. The van der Waals surface area contributed by atoms with Gasteiger partial charge in [0.25, 0.3) is 0 Å². The SMILES string of the molecule is Cc1ccccc1CNCC(F)(F)C(F)F. The summed E-state index contributed by atoms with van der Waals surface area (Å²) in [4.78, 5) is 0. The summed E-state index contributed by atoms with van der Waals surface area (Å²) in [5.74, 6) is -3.97. The third-order valence-electron chi connectivity index (χ3n) is 2.26. The van der Waals surface area contributed by atoms with E-state index in [2.05, 4.69) is 5.32 Å². The van der Waals surface area contributed by atoms with Crippen LogP contribution in [0.2, 0.25) is 0 Å². The molecule has 1 aromatic rings. The first-order valence-corrected chi connectivity index (χ1v) is 4.84. The second-order valence-electron chi connectivity index (χ2n) is 3.59. The van der Waals surface area contributed by atoms with Crippen molar-refractivity contribution in [1.29, 1.82) is 0 Å². The quantitative estimate of drug-likeness (QED) is 0.773. The van der Waals surface area contributed by atoms with Crippen LogP contribution in [-0.4, -0.2) is 18.9 Å². The Bertz CT molecular complexity index is 339. The summed E-state index contributed by atoms with van der Waals surface area (Å²) in [6, 6.07) is 7.20. The Morgan fingerprint density at radius 1 is 1.25 bits per heavy atom. The number of alkyl halides is 4. The molecular formula is C11H13F4N. The van der Waals surface area contributed by atoms with Crippen LogP contribution in [0, 0.1) is 6.92 Å². The molecule has 0 aromatic heterocycles.